The van der Waals surface area contributed by atoms with Crippen LogP contribution in [0.5, 0.6) is 5.75 Å². The Morgan fingerprint density at radius 2 is 2.00 bits per heavy atom. The van der Waals surface area contributed by atoms with Gasteiger partial charge in [-0.2, -0.15) is 0 Å². The van der Waals surface area contributed by atoms with Gasteiger partial charge < -0.3 is 15.8 Å². The molecule has 0 heterocycles. The fourth-order valence-electron chi connectivity index (χ4n) is 2.79. The number of amides is 1. The largest absolute Gasteiger partial charge is 0.490 e. The summed E-state index contributed by atoms with van der Waals surface area (Å²) in [7, 11) is 0. The predicted octanol–water partition coefficient (Wildman–Crippen LogP) is 2.92. The van der Waals surface area contributed by atoms with E-state index in [0.29, 0.717) is 24.6 Å². The molecule has 122 valence electrons. The molecule has 2 rings (SSSR count). The molecular formula is C17H25ClN2O2. The molecule has 0 saturated heterocycles. The molecule has 4 nitrogen and oxygen atoms in total. The van der Waals surface area contributed by atoms with Gasteiger partial charge in [-0.1, -0.05) is 25.5 Å². The minimum absolute atomic E-state index is 0. The van der Waals surface area contributed by atoms with E-state index in [1.54, 1.807) is 30.3 Å². The van der Waals surface area contributed by atoms with Crippen LogP contribution in [0.3, 0.4) is 0 Å². The molecule has 0 radical (unpaired) electrons. The van der Waals surface area contributed by atoms with Crippen LogP contribution in [0.25, 0.3) is 0 Å². The number of rotatable bonds is 6. The van der Waals surface area contributed by atoms with Crippen molar-refractivity contribution in [3.8, 4) is 5.75 Å². The average Bonchev–Trinajstić information content (AvgIpc) is 2.54. The summed E-state index contributed by atoms with van der Waals surface area (Å²) in [5.41, 5.74) is 6.45. The molecule has 1 saturated carbocycles. The van der Waals surface area contributed by atoms with Crippen molar-refractivity contribution in [1.82, 2.24) is 5.32 Å². The first-order valence-electron chi connectivity index (χ1n) is 7.59. The van der Waals surface area contributed by atoms with Crippen LogP contribution in [0.2, 0.25) is 0 Å². The van der Waals surface area contributed by atoms with Gasteiger partial charge in [0.1, 0.15) is 12.4 Å². The third kappa shape index (κ3) is 5.04. The van der Waals surface area contributed by atoms with Crippen molar-refractivity contribution in [2.24, 2.45) is 11.7 Å². The highest BCUT2D eigenvalue weighted by atomic mass is 35.5. The summed E-state index contributed by atoms with van der Waals surface area (Å²) in [6.07, 6.45) is 6.19. The standard InChI is InChI=1S/C17H24N2O2.ClH/c1-2-11-21-15-9-7-13(8-10-15)17(20)19-16-6-4-3-5-14(16)12-18;/h2,7-10,14,16H,1,3-6,11-12,18H2,(H,19,20);1H. The minimum Gasteiger partial charge on any atom is -0.490 e. The van der Waals surface area contributed by atoms with Crippen molar-refractivity contribution in [1.29, 1.82) is 0 Å². The Morgan fingerprint density at radius 1 is 1.32 bits per heavy atom. The highest BCUT2D eigenvalue weighted by molar-refractivity contribution is 5.94. The van der Waals surface area contributed by atoms with Crippen LogP contribution in [0, 0.1) is 5.92 Å². The van der Waals surface area contributed by atoms with Crippen molar-refractivity contribution >= 4 is 18.3 Å². The quantitative estimate of drug-likeness (QED) is 0.791. The molecule has 2 unspecified atom stereocenters. The topological polar surface area (TPSA) is 64.3 Å². The molecule has 0 spiro atoms. The van der Waals surface area contributed by atoms with Gasteiger partial charge in [0.2, 0.25) is 0 Å². The zero-order valence-electron chi connectivity index (χ0n) is 12.8. The van der Waals surface area contributed by atoms with Crippen LogP contribution in [0.4, 0.5) is 0 Å². The Kier molecular flexibility index (Phi) is 7.99. The van der Waals surface area contributed by atoms with E-state index in [0.717, 1.165) is 25.0 Å². The summed E-state index contributed by atoms with van der Waals surface area (Å²) in [4.78, 5) is 12.3. The van der Waals surface area contributed by atoms with Crippen LogP contribution >= 0.6 is 12.4 Å². The SMILES string of the molecule is C=CCOc1ccc(C(=O)NC2CCCCC2CN)cc1.Cl. The van der Waals surface area contributed by atoms with Crippen molar-refractivity contribution < 1.29 is 9.53 Å². The molecule has 1 aromatic rings. The lowest BCUT2D eigenvalue weighted by Gasteiger charge is -2.31. The first-order valence-corrected chi connectivity index (χ1v) is 7.59. The number of nitrogens with two attached hydrogens (primary N) is 1. The van der Waals surface area contributed by atoms with Gasteiger partial charge in [-0.05, 0) is 49.6 Å². The third-order valence-corrected chi connectivity index (χ3v) is 4.01. The summed E-state index contributed by atoms with van der Waals surface area (Å²) in [6.45, 7) is 4.70. The van der Waals surface area contributed by atoms with E-state index in [1.807, 2.05) is 0 Å². The number of carbonyl (C=O) groups excluding carboxylic acids is 1. The summed E-state index contributed by atoms with van der Waals surface area (Å²) >= 11 is 0. The second-order valence-electron chi connectivity index (χ2n) is 5.48. The van der Waals surface area contributed by atoms with Crippen LogP contribution in [0.1, 0.15) is 36.0 Å². The van der Waals surface area contributed by atoms with E-state index in [2.05, 4.69) is 11.9 Å². The van der Waals surface area contributed by atoms with E-state index in [4.69, 9.17) is 10.5 Å². The number of halogens is 1. The molecule has 1 fully saturated rings. The maximum atomic E-state index is 12.3. The molecule has 5 heteroatoms. The van der Waals surface area contributed by atoms with Crippen molar-refractivity contribution in [3.63, 3.8) is 0 Å². The highest BCUT2D eigenvalue weighted by Crippen LogP contribution is 2.24. The van der Waals surface area contributed by atoms with E-state index < -0.39 is 0 Å². The summed E-state index contributed by atoms with van der Waals surface area (Å²) < 4.78 is 5.41. The first-order chi connectivity index (χ1) is 10.2. The van der Waals surface area contributed by atoms with Gasteiger partial charge in [-0.15, -0.1) is 12.4 Å². The molecule has 1 aliphatic rings. The monoisotopic (exact) mass is 324 g/mol. The smallest absolute Gasteiger partial charge is 0.251 e. The second kappa shape index (κ2) is 9.49. The zero-order valence-corrected chi connectivity index (χ0v) is 13.6. The molecule has 0 bridgehead atoms. The molecule has 1 amide bonds. The average molecular weight is 325 g/mol. The minimum atomic E-state index is -0.0318. The van der Waals surface area contributed by atoms with Gasteiger partial charge >= 0.3 is 0 Å². The van der Waals surface area contributed by atoms with E-state index in [1.165, 1.54) is 6.42 Å². The van der Waals surface area contributed by atoms with Crippen LogP contribution in [-0.2, 0) is 0 Å². The van der Waals surface area contributed by atoms with Crippen LogP contribution < -0.4 is 15.8 Å². The van der Waals surface area contributed by atoms with Crippen molar-refractivity contribution in [2.45, 2.75) is 31.7 Å². The van der Waals surface area contributed by atoms with E-state index >= 15 is 0 Å². The molecule has 0 aliphatic heterocycles. The van der Waals surface area contributed by atoms with Crippen molar-refractivity contribution in [2.75, 3.05) is 13.2 Å². The van der Waals surface area contributed by atoms with Crippen molar-refractivity contribution in [3.05, 3.63) is 42.5 Å². The molecule has 1 aliphatic carbocycles. The molecule has 22 heavy (non-hydrogen) atoms. The maximum absolute atomic E-state index is 12.3. The van der Waals surface area contributed by atoms with E-state index in [-0.39, 0.29) is 24.4 Å². The number of carbonyl (C=O) groups is 1. The summed E-state index contributed by atoms with van der Waals surface area (Å²) in [5, 5.41) is 3.12. The fourth-order valence-corrected chi connectivity index (χ4v) is 2.79. The molecule has 1 aromatic carbocycles. The first kappa shape index (κ1) is 18.5. The molecule has 0 aromatic heterocycles. The number of hydrogen-bond acceptors (Lipinski definition) is 3. The Balaban J connectivity index is 0.00000242. The Hall–Kier alpha value is -1.52. The lowest BCUT2D eigenvalue weighted by atomic mass is 9.84. The maximum Gasteiger partial charge on any atom is 0.251 e. The highest BCUT2D eigenvalue weighted by Gasteiger charge is 2.25. The summed E-state index contributed by atoms with van der Waals surface area (Å²) in [6, 6.07) is 7.38. The Labute approximate surface area is 138 Å². The third-order valence-electron chi connectivity index (χ3n) is 4.01. The lowest BCUT2D eigenvalue weighted by molar-refractivity contribution is 0.0908. The molecule has 2 atom stereocenters. The van der Waals surface area contributed by atoms with Crippen LogP contribution in [0.15, 0.2) is 36.9 Å². The van der Waals surface area contributed by atoms with Gasteiger partial charge in [-0.25, -0.2) is 0 Å². The number of hydrogen-bond donors (Lipinski definition) is 2. The summed E-state index contributed by atoms with van der Waals surface area (Å²) in [5.74, 6) is 1.11. The zero-order chi connectivity index (χ0) is 15.1. The fraction of sp³-hybridized carbons (Fsp3) is 0.471. The lowest BCUT2D eigenvalue weighted by Crippen LogP contribution is -2.44. The molecule has 3 N–H and O–H groups in total. The molecular weight excluding hydrogens is 300 g/mol. The van der Waals surface area contributed by atoms with E-state index in [9.17, 15) is 4.79 Å². The van der Waals surface area contributed by atoms with Gasteiger partial charge in [0.25, 0.3) is 5.91 Å². The Morgan fingerprint density at radius 3 is 2.64 bits per heavy atom. The number of benzene rings is 1. The Bertz CT molecular complexity index is 476. The number of nitrogens with one attached hydrogen (secondary N) is 1. The van der Waals surface area contributed by atoms with Gasteiger partial charge in [0.05, 0.1) is 0 Å². The normalized spacial score (nSPS) is 20.6. The van der Waals surface area contributed by atoms with Crippen LogP contribution in [-0.4, -0.2) is 25.1 Å². The number of ether oxygens (including phenoxy) is 1. The van der Waals surface area contributed by atoms with Gasteiger partial charge in [-0.3, -0.25) is 4.79 Å². The van der Waals surface area contributed by atoms with Gasteiger partial charge in [0.15, 0.2) is 0 Å². The van der Waals surface area contributed by atoms with Gasteiger partial charge in [0, 0.05) is 11.6 Å². The second-order valence-corrected chi connectivity index (χ2v) is 5.48. The predicted molar refractivity (Wildman–Crippen MR) is 91.6 cm³/mol.